The van der Waals surface area contributed by atoms with Crippen LogP contribution >= 0.6 is 0 Å². The Labute approximate surface area is 101 Å². The van der Waals surface area contributed by atoms with E-state index in [2.05, 4.69) is 17.1 Å². The van der Waals surface area contributed by atoms with Crippen molar-refractivity contribution in [2.24, 2.45) is 10.9 Å². The average molecular weight is 237 g/mol. The van der Waals surface area contributed by atoms with Gasteiger partial charge in [-0.2, -0.15) is 0 Å². The molecule has 0 aromatic carbocycles. The molecule has 5 heteroatoms. The van der Waals surface area contributed by atoms with Gasteiger partial charge in [-0.25, -0.2) is 4.98 Å². The molecule has 0 radical (unpaired) electrons. The lowest BCUT2D eigenvalue weighted by Crippen LogP contribution is -2.16. The highest BCUT2D eigenvalue weighted by Crippen LogP contribution is 2.15. The Balaban J connectivity index is 2.53. The predicted molar refractivity (Wildman–Crippen MR) is 66.4 cm³/mol. The van der Waals surface area contributed by atoms with Gasteiger partial charge in [0.15, 0.2) is 11.5 Å². The molecule has 0 aliphatic rings. The second-order valence-electron chi connectivity index (χ2n) is 3.74. The van der Waals surface area contributed by atoms with E-state index in [9.17, 15) is 0 Å². The van der Waals surface area contributed by atoms with Gasteiger partial charge in [-0.3, -0.25) is 0 Å². The van der Waals surface area contributed by atoms with E-state index in [1.54, 1.807) is 18.3 Å². The second kappa shape index (κ2) is 7.49. The molecule has 0 aliphatic heterocycles. The van der Waals surface area contributed by atoms with Crippen LogP contribution in [0.25, 0.3) is 0 Å². The fourth-order valence-electron chi connectivity index (χ4n) is 1.46. The van der Waals surface area contributed by atoms with Gasteiger partial charge < -0.3 is 15.7 Å². The Bertz CT molecular complexity index is 367. The van der Waals surface area contributed by atoms with Crippen molar-refractivity contribution < 1.29 is 9.94 Å². The Morgan fingerprint density at radius 3 is 3.00 bits per heavy atom. The average Bonchev–Trinajstić information content (AvgIpc) is 2.38. The van der Waals surface area contributed by atoms with E-state index in [1.807, 2.05) is 0 Å². The van der Waals surface area contributed by atoms with Crippen molar-refractivity contribution in [1.82, 2.24) is 4.98 Å². The quantitative estimate of drug-likeness (QED) is 0.250. The largest absolute Gasteiger partial charge is 0.491 e. The van der Waals surface area contributed by atoms with Crippen LogP contribution in [0.15, 0.2) is 23.5 Å². The maximum atomic E-state index is 8.62. The fraction of sp³-hybridized carbons (Fsp3) is 0.500. The van der Waals surface area contributed by atoms with Gasteiger partial charge in [0.1, 0.15) is 5.75 Å². The van der Waals surface area contributed by atoms with E-state index in [-0.39, 0.29) is 5.84 Å². The van der Waals surface area contributed by atoms with Crippen LogP contribution in [0, 0.1) is 0 Å². The van der Waals surface area contributed by atoms with E-state index < -0.39 is 0 Å². The number of hydrogen-bond donors (Lipinski definition) is 2. The van der Waals surface area contributed by atoms with Crippen LogP contribution in [-0.2, 0) is 0 Å². The maximum absolute atomic E-state index is 8.62. The second-order valence-corrected chi connectivity index (χ2v) is 3.74. The first kappa shape index (κ1) is 13.3. The van der Waals surface area contributed by atoms with Crippen LogP contribution in [0.5, 0.6) is 5.75 Å². The standard InChI is InChI=1S/C12H19N3O2/c1-2-3-4-5-9-17-10-7-6-8-14-11(10)12(13)15-16/h6-8,16H,2-5,9H2,1H3,(H2,13,15). The van der Waals surface area contributed by atoms with Gasteiger partial charge >= 0.3 is 0 Å². The van der Waals surface area contributed by atoms with Crippen molar-refractivity contribution in [2.45, 2.75) is 32.6 Å². The molecule has 1 heterocycles. The molecule has 0 amide bonds. The first-order valence-electron chi connectivity index (χ1n) is 5.85. The highest BCUT2D eigenvalue weighted by Gasteiger charge is 2.08. The maximum Gasteiger partial charge on any atom is 0.192 e. The summed E-state index contributed by atoms with van der Waals surface area (Å²) in [5.41, 5.74) is 5.88. The number of pyridine rings is 1. The van der Waals surface area contributed by atoms with Gasteiger partial charge in [0.2, 0.25) is 0 Å². The van der Waals surface area contributed by atoms with Crippen LogP contribution in [0.3, 0.4) is 0 Å². The van der Waals surface area contributed by atoms with Crippen LogP contribution < -0.4 is 10.5 Å². The molecule has 0 spiro atoms. The van der Waals surface area contributed by atoms with Crippen LogP contribution in [0.4, 0.5) is 0 Å². The van der Waals surface area contributed by atoms with Crippen molar-refractivity contribution in [3.05, 3.63) is 24.0 Å². The third kappa shape index (κ3) is 4.30. The number of nitrogens with two attached hydrogens (primary N) is 1. The summed E-state index contributed by atoms with van der Waals surface area (Å²) in [6.07, 6.45) is 6.14. The molecule has 0 aliphatic carbocycles. The van der Waals surface area contributed by atoms with E-state index in [0.717, 1.165) is 12.8 Å². The summed E-state index contributed by atoms with van der Waals surface area (Å²) in [6, 6.07) is 3.52. The molecular weight excluding hydrogens is 218 g/mol. The Kier molecular flexibility index (Phi) is 5.85. The lowest BCUT2D eigenvalue weighted by molar-refractivity contribution is 0.301. The van der Waals surface area contributed by atoms with E-state index in [4.69, 9.17) is 15.7 Å². The smallest absolute Gasteiger partial charge is 0.192 e. The minimum Gasteiger partial charge on any atom is -0.491 e. The minimum absolute atomic E-state index is 0.0332. The van der Waals surface area contributed by atoms with Gasteiger partial charge in [-0.15, -0.1) is 0 Å². The highest BCUT2D eigenvalue weighted by molar-refractivity contribution is 5.97. The van der Waals surface area contributed by atoms with E-state index in [1.165, 1.54) is 12.8 Å². The first-order chi connectivity index (χ1) is 8.29. The van der Waals surface area contributed by atoms with Gasteiger partial charge in [0.25, 0.3) is 0 Å². The number of hydrogen-bond acceptors (Lipinski definition) is 4. The predicted octanol–water partition coefficient (Wildman–Crippen LogP) is 2.14. The molecule has 1 aromatic rings. The zero-order chi connectivity index (χ0) is 12.5. The minimum atomic E-state index is -0.0332. The molecule has 17 heavy (non-hydrogen) atoms. The number of oxime groups is 1. The van der Waals surface area contributed by atoms with E-state index >= 15 is 0 Å². The lowest BCUT2D eigenvalue weighted by atomic mass is 10.2. The van der Waals surface area contributed by atoms with Crippen LogP contribution in [0.1, 0.15) is 38.3 Å². The topological polar surface area (TPSA) is 80.7 Å². The Hall–Kier alpha value is -1.78. The number of unbranched alkanes of at least 4 members (excludes halogenated alkanes) is 3. The van der Waals surface area contributed by atoms with Crippen molar-refractivity contribution in [3.8, 4) is 5.75 Å². The molecule has 0 fully saturated rings. The summed E-state index contributed by atoms with van der Waals surface area (Å²) < 4.78 is 5.57. The molecule has 3 N–H and O–H groups in total. The third-order valence-corrected chi connectivity index (χ3v) is 2.38. The molecular formula is C12H19N3O2. The molecule has 1 aromatic heterocycles. The van der Waals surface area contributed by atoms with Crippen molar-refractivity contribution in [2.75, 3.05) is 6.61 Å². The first-order valence-corrected chi connectivity index (χ1v) is 5.85. The van der Waals surface area contributed by atoms with Gasteiger partial charge in [-0.05, 0) is 18.6 Å². The van der Waals surface area contributed by atoms with Crippen molar-refractivity contribution in [1.29, 1.82) is 0 Å². The molecule has 0 unspecified atom stereocenters. The molecule has 0 atom stereocenters. The molecule has 94 valence electrons. The summed E-state index contributed by atoms with van der Waals surface area (Å²) >= 11 is 0. The lowest BCUT2D eigenvalue weighted by Gasteiger charge is -2.09. The normalized spacial score (nSPS) is 11.5. The van der Waals surface area contributed by atoms with Crippen LogP contribution in [-0.4, -0.2) is 22.6 Å². The van der Waals surface area contributed by atoms with Crippen molar-refractivity contribution >= 4 is 5.84 Å². The zero-order valence-corrected chi connectivity index (χ0v) is 10.1. The monoisotopic (exact) mass is 237 g/mol. The molecule has 0 saturated heterocycles. The number of ether oxygens (including phenoxy) is 1. The molecule has 0 bridgehead atoms. The summed E-state index contributed by atoms with van der Waals surface area (Å²) in [4.78, 5) is 4.02. The third-order valence-electron chi connectivity index (χ3n) is 2.38. The zero-order valence-electron chi connectivity index (χ0n) is 10.1. The van der Waals surface area contributed by atoms with Gasteiger partial charge in [-0.1, -0.05) is 31.3 Å². The number of rotatable bonds is 7. The fourth-order valence-corrected chi connectivity index (χ4v) is 1.46. The summed E-state index contributed by atoms with van der Waals surface area (Å²) in [5, 5.41) is 11.6. The Morgan fingerprint density at radius 2 is 2.29 bits per heavy atom. The van der Waals surface area contributed by atoms with Crippen molar-refractivity contribution in [3.63, 3.8) is 0 Å². The SMILES string of the molecule is CCCCCCOc1cccnc1/C(N)=N/O. The highest BCUT2D eigenvalue weighted by atomic mass is 16.5. The molecule has 1 rings (SSSR count). The number of amidine groups is 1. The van der Waals surface area contributed by atoms with Gasteiger partial charge in [0, 0.05) is 6.20 Å². The molecule has 5 nitrogen and oxygen atoms in total. The Morgan fingerprint density at radius 1 is 1.47 bits per heavy atom. The molecule has 0 saturated carbocycles. The van der Waals surface area contributed by atoms with E-state index in [0.29, 0.717) is 18.1 Å². The summed E-state index contributed by atoms with van der Waals surface area (Å²) in [7, 11) is 0. The van der Waals surface area contributed by atoms with Gasteiger partial charge in [0.05, 0.1) is 6.61 Å². The summed E-state index contributed by atoms with van der Waals surface area (Å²) in [6.45, 7) is 2.79. The number of nitrogens with zero attached hydrogens (tertiary/aromatic N) is 2. The summed E-state index contributed by atoms with van der Waals surface area (Å²) in [5.74, 6) is 0.522. The van der Waals surface area contributed by atoms with Crippen LogP contribution in [0.2, 0.25) is 0 Å². The number of aromatic nitrogens is 1.